The van der Waals surface area contributed by atoms with Gasteiger partial charge in [-0.05, 0) is 25.5 Å². The lowest BCUT2D eigenvalue weighted by molar-refractivity contribution is -0.384. The molecule has 1 heterocycles. The van der Waals surface area contributed by atoms with Gasteiger partial charge in [-0.15, -0.1) is 0 Å². The molecule has 1 saturated heterocycles. The highest BCUT2D eigenvalue weighted by atomic mass is 35.5. The van der Waals surface area contributed by atoms with E-state index >= 15 is 0 Å². The number of hydrogen-bond donors (Lipinski definition) is 2. The first kappa shape index (κ1) is 12.8. The van der Waals surface area contributed by atoms with Gasteiger partial charge >= 0.3 is 0 Å². The van der Waals surface area contributed by atoms with Crippen molar-refractivity contribution in [1.29, 1.82) is 0 Å². The van der Waals surface area contributed by atoms with E-state index in [2.05, 4.69) is 10.6 Å². The van der Waals surface area contributed by atoms with Gasteiger partial charge in [0, 0.05) is 12.1 Å². The second-order valence-electron chi connectivity index (χ2n) is 4.06. The molecule has 0 aliphatic carbocycles. The third-order valence-electron chi connectivity index (χ3n) is 2.80. The van der Waals surface area contributed by atoms with Gasteiger partial charge in [-0.3, -0.25) is 14.9 Å². The van der Waals surface area contributed by atoms with Gasteiger partial charge in [-0.25, -0.2) is 0 Å². The number of carbonyl (C=O) groups is 1. The van der Waals surface area contributed by atoms with Gasteiger partial charge in [0.15, 0.2) is 0 Å². The Labute approximate surface area is 108 Å². The van der Waals surface area contributed by atoms with E-state index in [1.807, 2.05) is 0 Å². The Hall–Kier alpha value is -1.66. The van der Waals surface area contributed by atoms with Crippen LogP contribution in [0.4, 0.5) is 11.4 Å². The average Bonchev–Trinajstić information content (AvgIpc) is 2.85. The molecule has 0 saturated carbocycles. The molecule has 6 nitrogen and oxygen atoms in total. The summed E-state index contributed by atoms with van der Waals surface area (Å²) >= 11 is 5.89. The molecule has 1 fully saturated rings. The highest BCUT2D eigenvalue weighted by molar-refractivity contribution is 6.33. The molecule has 1 aliphatic heterocycles. The van der Waals surface area contributed by atoms with Crippen LogP contribution in [0.25, 0.3) is 0 Å². The summed E-state index contributed by atoms with van der Waals surface area (Å²) in [5, 5.41) is 16.6. The normalized spacial score (nSPS) is 18.6. The molecule has 1 atom stereocenters. The van der Waals surface area contributed by atoms with E-state index in [4.69, 9.17) is 11.6 Å². The quantitative estimate of drug-likeness (QED) is 0.649. The minimum Gasteiger partial charge on any atom is -0.323 e. The molecule has 2 N–H and O–H groups in total. The molecule has 1 amide bonds. The monoisotopic (exact) mass is 269 g/mol. The smallest absolute Gasteiger partial charge is 0.271 e. The van der Waals surface area contributed by atoms with Crippen LogP contribution >= 0.6 is 11.6 Å². The summed E-state index contributed by atoms with van der Waals surface area (Å²) in [6.07, 6.45) is 1.71. The molecule has 0 bridgehead atoms. The summed E-state index contributed by atoms with van der Waals surface area (Å²) < 4.78 is 0. The number of anilines is 1. The molecule has 96 valence electrons. The number of nitro groups is 1. The van der Waals surface area contributed by atoms with Crippen LogP contribution in [0.2, 0.25) is 5.02 Å². The van der Waals surface area contributed by atoms with E-state index in [0.29, 0.717) is 0 Å². The lowest BCUT2D eigenvalue weighted by atomic mass is 10.2. The molecular formula is C11H12ClN3O3. The van der Waals surface area contributed by atoms with Gasteiger partial charge in [-0.2, -0.15) is 0 Å². The molecule has 7 heteroatoms. The average molecular weight is 270 g/mol. The second kappa shape index (κ2) is 5.32. The third-order valence-corrected chi connectivity index (χ3v) is 3.13. The number of hydrogen-bond acceptors (Lipinski definition) is 4. The van der Waals surface area contributed by atoms with Gasteiger partial charge in [0.1, 0.15) is 0 Å². The van der Waals surface area contributed by atoms with E-state index in [1.54, 1.807) is 0 Å². The lowest BCUT2D eigenvalue weighted by Gasteiger charge is -2.11. The molecular weight excluding hydrogens is 258 g/mol. The van der Waals surface area contributed by atoms with Crippen LogP contribution in [0.15, 0.2) is 18.2 Å². The summed E-state index contributed by atoms with van der Waals surface area (Å²) in [5.41, 5.74) is 0.165. The maximum atomic E-state index is 11.8. The summed E-state index contributed by atoms with van der Waals surface area (Å²) in [5.74, 6) is -0.213. The van der Waals surface area contributed by atoms with Crippen molar-refractivity contribution < 1.29 is 9.72 Å². The Morgan fingerprint density at radius 1 is 1.56 bits per heavy atom. The Morgan fingerprint density at radius 2 is 2.33 bits per heavy atom. The van der Waals surface area contributed by atoms with Crippen molar-refractivity contribution in [2.75, 3.05) is 11.9 Å². The van der Waals surface area contributed by atoms with Crippen molar-refractivity contribution in [2.45, 2.75) is 18.9 Å². The molecule has 0 unspecified atom stereocenters. The predicted octanol–water partition coefficient (Wildman–Crippen LogP) is 1.94. The number of nitro benzene ring substituents is 1. The van der Waals surface area contributed by atoms with Gasteiger partial charge in [0.25, 0.3) is 5.69 Å². The fourth-order valence-corrected chi connectivity index (χ4v) is 2.02. The van der Waals surface area contributed by atoms with Gasteiger partial charge in [0.05, 0.1) is 21.7 Å². The van der Waals surface area contributed by atoms with Crippen molar-refractivity contribution in [3.8, 4) is 0 Å². The molecule has 1 aliphatic rings. The third kappa shape index (κ3) is 2.77. The topological polar surface area (TPSA) is 84.3 Å². The van der Waals surface area contributed by atoms with Crippen molar-refractivity contribution in [2.24, 2.45) is 0 Å². The number of carbonyl (C=O) groups excluding carboxylic acids is 1. The van der Waals surface area contributed by atoms with Crippen LogP contribution in [0.1, 0.15) is 12.8 Å². The summed E-state index contributed by atoms with van der Waals surface area (Å²) in [4.78, 5) is 22.0. The fraction of sp³-hybridized carbons (Fsp3) is 0.364. The van der Waals surface area contributed by atoms with E-state index in [1.165, 1.54) is 18.2 Å². The number of nitrogens with one attached hydrogen (secondary N) is 2. The molecule has 2 rings (SSSR count). The summed E-state index contributed by atoms with van der Waals surface area (Å²) in [6.45, 7) is 0.806. The van der Waals surface area contributed by atoms with Crippen LogP contribution < -0.4 is 10.6 Å². The fourth-order valence-electron chi connectivity index (χ4n) is 1.85. The second-order valence-corrected chi connectivity index (χ2v) is 4.47. The first-order valence-electron chi connectivity index (χ1n) is 5.56. The number of benzene rings is 1. The van der Waals surface area contributed by atoms with Gasteiger partial charge in [0.2, 0.25) is 5.91 Å². The Kier molecular flexibility index (Phi) is 3.78. The molecule has 18 heavy (non-hydrogen) atoms. The van der Waals surface area contributed by atoms with Crippen molar-refractivity contribution >= 4 is 28.9 Å². The maximum absolute atomic E-state index is 11.8. The highest BCUT2D eigenvalue weighted by Crippen LogP contribution is 2.27. The van der Waals surface area contributed by atoms with Crippen molar-refractivity contribution in [3.63, 3.8) is 0 Å². The minimum atomic E-state index is -0.528. The number of halogens is 1. The zero-order valence-electron chi connectivity index (χ0n) is 9.48. The first-order chi connectivity index (χ1) is 8.58. The Bertz CT molecular complexity index is 486. The van der Waals surface area contributed by atoms with Crippen molar-refractivity contribution in [3.05, 3.63) is 33.3 Å². The Morgan fingerprint density at radius 3 is 2.94 bits per heavy atom. The van der Waals surface area contributed by atoms with Crippen molar-refractivity contribution in [1.82, 2.24) is 5.32 Å². The maximum Gasteiger partial charge on any atom is 0.271 e. The number of amides is 1. The standard InChI is InChI=1S/C11H12ClN3O3/c12-8-4-3-7(15(17)18)6-10(8)14-11(16)9-2-1-5-13-9/h3-4,6,9,13H,1-2,5H2,(H,14,16)/t9-/m0/s1. The van der Waals surface area contributed by atoms with Gasteiger partial charge < -0.3 is 10.6 Å². The molecule has 1 aromatic carbocycles. The molecule has 0 radical (unpaired) electrons. The largest absolute Gasteiger partial charge is 0.323 e. The first-order valence-corrected chi connectivity index (χ1v) is 5.94. The van der Waals surface area contributed by atoms with E-state index < -0.39 is 4.92 Å². The molecule has 0 aromatic heterocycles. The zero-order valence-corrected chi connectivity index (χ0v) is 10.2. The van der Waals surface area contributed by atoms with Crippen LogP contribution in [0.5, 0.6) is 0 Å². The van der Waals surface area contributed by atoms with E-state index in [-0.39, 0.29) is 28.3 Å². The van der Waals surface area contributed by atoms with Crippen LogP contribution in [0.3, 0.4) is 0 Å². The van der Waals surface area contributed by atoms with Crippen LogP contribution in [-0.4, -0.2) is 23.4 Å². The van der Waals surface area contributed by atoms with E-state index in [0.717, 1.165) is 19.4 Å². The molecule has 1 aromatic rings. The zero-order chi connectivity index (χ0) is 13.1. The number of nitrogens with zero attached hydrogens (tertiary/aromatic N) is 1. The van der Waals surface area contributed by atoms with Gasteiger partial charge in [-0.1, -0.05) is 11.6 Å². The van der Waals surface area contributed by atoms with E-state index in [9.17, 15) is 14.9 Å². The van der Waals surface area contributed by atoms with Crippen LogP contribution in [-0.2, 0) is 4.79 Å². The summed E-state index contributed by atoms with van der Waals surface area (Å²) in [6, 6.07) is 3.71. The summed E-state index contributed by atoms with van der Waals surface area (Å²) in [7, 11) is 0. The SMILES string of the molecule is O=C(Nc1cc([N+](=O)[O-])ccc1Cl)[C@@H]1CCCN1. The van der Waals surface area contributed by atoms with Crippen LogP contribution in [0, 0.1) is 10.1 Å². The Balaban J connectivity index is 2.14. The number of non-ortho nitro benzene ring substituents is 1. The number of rotatable bonds is 3. The minimum absolute atomic E-state index is 0.103. The highest BCUT2D eigenvalue weighted by Gasteiger charge is 2.23. The molecule has 0 spiro atoms. The lowest BCUT2D eigenvalue weighted by Crippen LogP contribution is -2.35. The predicted molar refractivity (Wildman–Crippen MR) is 67.8 cm³/mol.